The molecule has 0 saturated carbocycles. The molecule has 1 saturated heterocycles. The first-order valence-electron chi connectivity index (χ1n) is 4.15. The predicted octanol–water partition coefficient (Wildman–Crippen LogP) is 0.707. The summed E-state index contributed by atoms with van der Waals surface area (Å²) in [6.45, 7) is 3.70. The molecule has 0 amide bonds. The molecule has 0 bridgehead atoms. The standard InChI is InChI=1S/C8H15NO2/c1-6(8(10)11)7-3-2-4-9-5-7/h6-7,9H,2-5H2,1H3,(H,10,11)/t6-,7-/m1/s1. The number of nitrogens with one attached hydrogen (secondary N) is 1. The van der Waals surface area contributed by atoms with Gasteiger partial charge in [-0.1, -0.05) is 6.92 Å². The molecule has 1 aliphatic heterocycles. The highest BCUT2D eigenvalue weighted by molar-refractivity contribution is 5.69. The van der Waals surface area contributed by atoms with Gasteiger partial charge in [0.15, 0.2) is 0 Å². The van der Waals surface area contributed by atoms with E-state index in [1.54, 1.807) is 6.92 Å². The van der Waals surface area contributed by atoms with E-state index in [0.29, 0.717) is 5.92 Å². The summed E-state index contributed by atoms with van der Waals surface area (Å²) in [5.74, 6) is -0.525. The van der Waals surface area contributed by atoms with Gasteiger partial charge < -0.3 is 10.4 Å². The Balaban J connectivity index is 2.38. The summed E-state index contributed by atoms with van der Waals surface area (Å²) in [6.07, 6.45) is 2.17. The van der Waals surface area contributed by atoms with Gasteiger partial charge in [-0.25, -0.2) is 0 Å². The van der Waals surface area contributed by atoms with Crippen molar-refractivity contribution < 1.29 is 9.90 Å². The summed E-state index contributed by atoms with van der Waals surface area (Å²) in [7, 11) is 0. The molecule has 1 heterocycles. The third kappa shape index (κ3) is 2.19. The minimum absolute atomic E-state index is 0.192. The van der Waals surface area contributed by atoms with Crippen LogP contribution in [0.15, 0.2) is 0 Å². The molecule has 0 aromatic carbocycles. The molecule has 11 heavy (non-hydrogen) atoms. The highest BCUT2D eigenvalue weighted by Gasteiger charge is 2.24. The Morgan fingerprint density at radius 2 is 2.45 bits per heavy atom. The molecule has 0 radical (unpaired) electrons. The van der Waals surface area contributed by atoms with E-state index >= 15 is 0 Å². The van der Waals surface area contributed by atoms with Gasteiger partial charge in [0.05, 0.1) is 5.92 Å². The normalized spacial score (nSPS) is 27.9. The first kappa shape index (κ1) is 8.53. The first-order chi connectivity index (χ1) is 5.22. The van der Waals surface area contributed by atoms with Crippen molar-refractivity contribution in [2.75, 3.05) is 13.1 Å². The lowest BCUT2D eigenvalue weighted by Crippen LogP contribution is -2.35. The monoisotopic (exact) mass is 157 g/mol. The Kier molecular flexibility index (Phi) is 2.88. The molecule has 0 aliphatic carbocycles. The van der Waals surface area contributed by atoms with E-state index in [2.05, 4.69) is 5.32 Å². The third-order valence-corrected chi connectivity index (χ3v) is 2.43. The number of hydrogen-bond donors (Lipinski definition) is 2. The number of aliphatic carboxylic acids is 1. The topological polar surface area (TPSA) is 49.3 Å². The van der Waals surface area contributed by atoms with Crippen LogP contribution in [0.3, 0.4) is 0 Å². The molecular formula is C8H15NO2. The maximum atomic E-state index is 10.6. The minimum atomic E-state index is -0.668. The molecule has 0 unspecified atom stereocenters. The SMILES string of the molecule is C[C@@H](C(=O)O)[C@@H]1CCCNC1. The van der Waals surface area contributed by atoms with Crippen LogP contribution >= 0.6 is 0 Å². The molecule has 3 nitrogen and oxygen atoms in total. The highest BCUT2D eigenvalue weighted by Crippen LogP contribution is 2.19. The lowest BCUT2D eigenvalue weighted by Gasteiger charge is -2.25. The van der Waals surface area contributed by atoms with E-state index in [1.165, 1.54) is 0 Å². The number of piperidine rings is 1. The van der Waals surface area contributed by atoms with Crippen LogP contribution in [-0.2, 0) is 4.79 Å². The maximum Gasteiger partial charge on any atom is 0.306 e. The molecule has 2 atom stereocenters. The fourth-order valence-corrected chi connectivity index (χ4v) is 1.51. The fraction of sp³-hybridized carbons (Fsp3) is 0.875. The van der Waals surface area contributed by atoms with Gasteiger partial charge in [0.1, 0.15) is 0 Å². The second kappa shape index (κ2) is 3.72. The van der Waals surface area contributed by atoms with Crippen molar-refractivity contribution in [1.29, 1.82) is 0 Å². The lowest BCUT2D eigenvalue weighted by molar-refractivity contribution is -0.143. The third-order valence-electron chi connectivity index (χ3n) is 2.43. The van der Waals surface area contributed by atoms with Gasteiger partial charge in [-0.05, 0) is 31.8 Å². The van der Waals surface area contributed by atoms with Crippen molar-refractivity contribution >= 4 is 5.97 Å². The van der Waals surface area contributed by atoms with E-state index in [-0.39, 0.29) is 5.92 Å². The molecule has 64 valence electrons. The largest absolute Gasteiger partial charge is 0.481 e. The zero-order chi connectivity index (χ0) is 8.27. The van der Waals surface area contributed by atoms with Crippen molar-refractivity contribution in [3.63, 3.8) is 0 Å². The summed E-state index contributed by atoms with van der Waals surface area (Å²) in [5.41, 5.74) is 0. The quantitative estimate of drug-likeness (QED) is 0.620. The molecule has 3 heteroatoms. The van der Waals surface area contributed by atoms with Gasteiger partial charge >= 0.3 is 5.97 Å². The van der Waals surface area contributed by atoms with Gasteiger partial charge in [-0.3, -0.25) is 4.79 Å². The fourth-order valence-electron chi connectivity index (χ4n) is 1.51. The van der Waals surface area contributed by atoms with E-state index in [0.717, 1.165) is 25.9 Å². The van der Waals surface area contributed by atoms with Crippen molar-refractivity contribution in [1.82, 2.24) is 5.32 Å². The Labute approximate surface area is 66.8 Å². The molecule has 0 spiro atoms. The second-order valence-corrected chi connectivity index (χ2v) is 3.23. The number of rotatable bonds is 2. The van der Waals surface area contributed by atoms with Gasteiger partial charge in [-0.15, -0.1) is 0 Å². The Hall–Kier alpha value is -0.570. The minimum Gasteiger partial charge on any atom is -0.481 e. The first-order valence-corrected chi connectivity index (χ1v) is 4.15. The van der Waals surface area contributed by atoms with Crippen LogP contribution in [0.4, 0.5) is 0 Å². The zero-order valence-corrected chi connectivity index (χ0v) is 6.84. The summed E-state index contributed by atoms with van der Waals surface area (Å²) >= 11 is 0. The van der Waals surface area contributed by atoms with E-state index in [9.17, 15) is 4.79 Å². The Bertz CT molecular complexity index is 141. The van der Waals surface area contributed by atoms with Crippen molar-refractivity contribution in [2.24, 2.45) is 11.8 Å². The van der Waals surface area contributed by atoms with Crippen LogP contribution in [0, 0.1) is 11.8 Å². The van der Waals surface area contributed by atoms with E-state index in [4.69, 9.17) is 5.11 Å². The number of carboxylic acid groups (broad SMARTS) is 1. The highest BCUT2D eigenvalue weighted by atomic mass is 16.4. The van der Waals surface area contributed by atoms with Crippen LogP contribution in [0.2, 0.25) is 0 Å². The summed E-state index contributed by atoms with van der Waals surface area (Å²) < 4.78 is 0. The van der Waals surface area contributed by atoms with Crippen LogP contribution in [0.5, 0.6) is 0 Å². The molecule has 0 aromatic heterocycles. The van der Waals surface area contributed by atoms with Gasteiger partial charge in [0.25, 0.3) is 0 Å². The number of carboxylic acids is 1. The smallest absolute Gasteiger partial charge is 0.306 e. The molecular weight excluding hydrogens is 142 g/mol. The number of carbonyl (C=O) groups is 1. The Morgan fingerprint density at radius 3 is 2.91 bits per heavy atom. The van der Waals surface area contributed by atoms with E-state index in [1.807, 2.05) is 0 Å². The maximum absolute atomic E-state index is 10.6. The zero-order valence-electron chi connectivity index (χ0n) is 6.84. The number of hydrogen-bond acceptors (Lipinski definition) is 2. The molecule has 1 rings (SSSR count). The molecule has 1 aliphatic rings. The average Bonchev–Trinajstić information content (AvgIpc) is 2.05. The Morgan fingerprint density at radius 1 is 1.73 bits per heavy atom. The van der Waals surface area contributed by atoms with Crippen LogP contribution < -0.4 is 5.32 Å². The van der Waals surface area contributed by atoms with Gasteiger partial charge in [0.2, 0.25) is 0 Å². The summed E-state index contributed by atoms with van der Waals surface area (Å²) in [5, 5.41) is 11.9. The van der Waals surface area contributed by atoms with Crippen LogP contribution in [0.25, 0.3) is 0 Å². The predicted molar refractivity (Wildman–Crippen MR) is 42.4 cm³/mol. The van der Waals surface area contributed by atoms with Crippen molar-refractivity contribution in [2.45, 2.75) is 19.8 Å². The molecule has 1 fully saturated rings. The van der Waals surface area contributed by atoms with Crippen LogP contribution in [0.1, 0.15) is 19.8 Å². The van der Waals surface area contributed by atoms with E-state index < -0.39 is 5.97 Å². The van der Waals surface area contributed by atoms with Crippen molar-refractivity contribution in [3.05, 3.63) is 0 Å². The average molecular weight is 157 g/mol. The second-order valence-electron chi connectivity index (χ2n) is 3.23. The van der Waals surface area contributed by atoms with Gasteiger partial charge in [0, 0.05) is 0 Å². The molecule has 0 aromatic rings. The van der Waals surface area contributed by atoms with Crippen molar-refractivity contribution in [3.8, 4) is 0 Å². The summed E-state index contributed by atoms with van der Waals surface area (Å²) in [6, 6.07) is 0. The molecule has 2 N–H and O–H groups in total. The van der Waals surface area contributed by atoms with Gasteiger partial charge in [-0.2, -0.15) is 0 Å². The van der Waals surface area contributed by atoms with Crippen LogP contribution in [-0.4, -0.2) is 24.2 Å². The lowest BCUT2D eigenvalue weighted by atomic mass is 9.88. The summed E-state index contributed by atoms with van der Waals surface area (Å²) in [4.78, 5) is 10.6.